The van der Waals surface area contributed by atoms with Crippen molar-refractivity contribution in [2.75, 3.05) is 0 Å². The summed E-state index contributed by atoms with van der Waals surface area (Å²) < 4.78 is 19.3. The van der Waals surface area contributed by atoms with Crippen molar-refractivity contribution in [3.8, 4) is 0 Å². The maximum absolute atomic E-state index is 13.1. The molecule has 0 radical (unpaired) electrons. The van der Waals surface area contributed by atoms with Crippen LogP contribution in [0.3, 0.4) is 0 Å². The van der Waals surface area contributed by atoms with Crippen LogP contribution < -0.4 is 5.32 Å². The molecule has 4 heteroatoms. The largest absolute Gasteiger partial charge is 0.468 e. The van der Waals surface area contributed by atoms with Crippen LogP contribution >= 0.6 is 15.9 Å². The summed E-state index contributed by atoms with van der Waals surface area (Å²) in [5.41, 5.74) is 0.892. The fraction of sp³-hybridized carbons (Fsp3) is 0.231. The first-order valence-corrected chi connectivity index (χ1v) is 6.17. The normalized spacial score (nSPS) is 12.6. The first-order valence-electron chi connectivity index (χ1n) is 5.37. The van der Waals surface area contributed by atoms with Gasteiger partial charge in [-0.2, -0.15) is 0 Å². The van der Waals surface area contributed by atoms with Gasteiger partial charge < -0.3 is 9.73 Å². The number of nitrogens with one attached hydrogen (secondary N) is 1. The van der Waals surface area contributed by atoms with Gasteiger partial charge in [-0.3, -0.25) is 0 Å². The Labute approximate surface area is 108 Å². The number of rotatable bonds is 4. The highest BCUT2D eigenvalue weighted by molar-refractivity contribution is 9.10. The van der Waals surface area contributed by atoms with Crippen LogP contribution in [-0.4, -0.2) is 0 Å². The van der Waals surface area contributed by atoms with Crippen LogP contribution in [0, 0.1) is 5.82 Å². The molecule has 0 amide bonds. The third kappa shape index (κ3) is 3.17. The molecule has 0 aliphatic heterocycles. The van der Waals surface area contributed by atoms with Crippen molar-refractivity contribution >= 4 is 15.9 Å². The van der Waals surface area contributed by atoms with Crippen LogP contribution in [0.2, 0.25) is 0 Å². The number of hydrogen-bond donors (Lipinski definition) is 1. The van der Waals surface area contributed by atoms with E-state index < -0.39 is 0 Å². The maximum atomic E-state index is 13.1. The van der Waals surface area contributed by atoms with Crippen LogP contribution in [0.25, 0.3) is 0 Å². The molecule has 0 saturated heterocycles. The molecule has 1 N–H and O–H groups in total. The van der Waals surface area contributed by atoms with Crippen LogP contribution in [-0.2, 0) is 6.54 Å². The Bertz CT molecular complexity index is 484. The summed E-state index contributed by atoms with van der Waals surface area (Å²) in [6.45, 7) is 2.59. The molecule has 17 heavy (non-hydrogen) atoms. The third-order valence-electron chi connectivity index (χ3n) is 2.58. The Hall–Kier alpha value is -1.13. The Morgan fingerprint density at radius 1 is 1.41 bits per heavy atom. The molecule has 0 spiro atoms. The number of hydrogen-bond acceptors (Lipinski definition) is 2. The van der Waals surface area contributed by atoms with Gasteiger partial charge in [-0.05, 0) is 42.8 Å². The van der Waals surface area contributed by atoms with Crippen molar-refractivity contribution in [1.29, 1.82) is 0 Å². The molecule has 1 atom stereocenters. The van der Waals surface area contributed by atoms with Gasteiger partial charge in [0.15, 0.2) is 0 Å². The lowest BCUT2D eigenvalue weighted by atomic mass is 10.2. The zero-order chi connectivity index (χ0) is 12.3. The van der Waals surface area contributed by atoms with Gasteiger partial charge in [0.2, 0.25) is 0 Å². The van der Waals surface area contributed by atoms with E-state index in [0.29, 0.717) is 6.54 Å². The second-order valence-electron chi connectivity index (χ2n) is 3.85. The zero-order valence-corrected chi connectivity index (χ0v) is 11.0. The molecular formula is C13H13BrFNO. The monoisotopic (exact) mass is 297 g/mol. The second kappa shape index (κ2) is 5.47. The van der Waals surface area contributed by atoms with Crippen LogP contribution in [0.5, 0.6) is 0 Å². The van der Waals surface area contributed by atoms with Gasteiger partial charge in [-0.15, -0.1) is 0 Å². The Kier molecular flexibility index (Phi) is 3.97. The second-order valence-corrected chi connectivity index (χ2v) is 4.71. The van der Waals surface area contributed by atoms with E-state index in [1.165, 1.54) is 12.1 Å². The molecule has 1 heterocycles. The van der Waals surface area contributed by atoms with E-state index in [4.69, 9.17) is 4.42 Å². The summed E-state index contributed by atoms with van der Waals surface area (Å²) in [6, 6.07) is 8.53. The molecular weight excluding hydrogens is 285 g/mol. The maximum Gasteiger partial charge on any atom is 0.123 e. The first kappa shape index (κ1) is 12.3. The van der Waals surface area contributed by atoms with Crippen molar-refractivity contribution < 1.29 is 8.81 Å². The van der Waals surface area contributed by atoms with Crippen LogP contribution in [0.4, 0.5) is 4.39 Å². The minimum absolute atomic E-state index is 0.0974. The van der Waals surface area contributed by atoms with Crippen LogP contribution in [0.1, 0.15) is 24.3 Å². The SMILES string of the molecule is C[C@H](NCc1cc(F)ccc1Br)c1ccco1. The molecule has 0 fully saturated rings. The number of furan rings is 1. The van der Waals surface area contributed by atoms with E-state index in [2.05, 4.69) is 21.2 Å². The fourth-order valence-electron chi connectivity index (χ4n) is 1.58. The van der Waals surface area contributed by atoms with E-state index in [1.807, 2.05) is 19.1 Å². The van der Waals surface area contributed by atoms with Crippen molar-refractivity contribution in [2.45, 2.75) is 19.5 Å². The average Bonchev–Trinajstić information content (AvgIpc) is 2.83. The summed E-state index contributed by atoms with van der Waals surface area (Å²) in [6.07, 6.45) is 1.64. The van der Waals surface area contributed by atoms with Crippen molar-refractivity contribution in [3.05, 3.63) is 58.2 Å². The predicted octanol–water partition coefficient (Wildman–Crippen LogP) is 4.03. The van der Waals surface area contributed by atoms with E-state index in [0.717, 1.165) is 15.8 Å². The molecule has 2 aromatic rings. The molecule has 0 bridgehead atoms. The topological polar surface area (TPSA) is 25.2 Å². The molecule has 90 valence electrons. The molecule has 0 aliphatic carbocycles. The lowest BCUT2D eigenvalue weighted by molar-refractivity contribution is 0.429. The molecule has 0 aliphatic rings. The van der Waals surface area contributed by atoms with E-state index in [-0.39, 0.29) is 11.9 Å². The predicted molar refractivity (Wildman–Crippen MR) is 68.1 cm³/mol. The Balaban J connectivity index is 2.00. The van der Waals surface area contributed by atoms with Gasteiger partial charge >= 0.3 is 0 Å². The van der Waals surface area contributed by atoms with E-state index in [1.54, 1.807) is 12.3 Å². The van der Waals surface area contributed by atoms with Gasteiger partial charge in [-0.1, -0.05) is 15.9 Å². The highest BCUT2D eigenvalue weighted by Gasteiger charge is 2.08. The highest BCUT2D eigenvalue weighted by atomic mass is 79.9. The first-order chi connectivity index (χ1) is 8.16. The van der Waals surface area contributed by atoms with E-state index >= 15 is 0 Å². The smallest absolute Gasteiger partial charge is 0.123 e. The zero-order valence-electron chi connectivity index (χ0n) is 9.41. The van der Waals surface area contributed by atoms with Gasteiger partial charge in [0.05, 0.1) is 12.3 Å². The van der Waals surface area contributed by atoms with E-state index in [9.17, 15) is 4.39 Å². The highest BCUT2D eigenvalue weighted by Crippen LogP contribution is 2.19. The average molecular weight is 298 g/mol. The summed E-state index contributed by atoms with van der Waals surface area (Å²) in [5, 5.41) is 3.28. The quantitative estimate of drug-likeness (QED) is 0.922. The summed E-state index contributed by atoms with van der Waals surface area (Å²) >= 11 is 3.40. The number of benzene rings is 1. The summed E-state index contributed by atoms with van der Waals surface area (Å²) in [4.78, 5) is 0. The molecule has 0 saturated carbocycles. The van der Waals surface area contributed by atoms with Crippen molar-refractivity contribution in [3.63, 3.8) is 0 Å². The van der Waals surface area contributed by atoms with Gasteiger partial charge in [-0.25, -0.2) is 4.39 Å². The minimum atomic E-state index is -0.226. The Morgan fingerprint density at radius 3 is 2.94 bits per heavy atom. The Morgan fingerprint density at radius 2 is 2.24 bits per heavy atom. The molecule has 0 unspecified atom stereocenters. The van der Waals surface area contributed by atoms with Gasteiger partial charge in [0.25, 0.3) is 0 Å². The minimum Gasteiger partial charge on any atom is -0.468 e. The van der Waals surface area contributed by atoms with Crippen molar-refractivity contribution in [1.82, 2.24) is 5.32 Å². The lowest BCUT2D eigenvalue weighted by Gasteiger charge is -2.12. The lowest BCUT2D eigenvalue weighted by Crippen LogP contribution is -2.17. The summed E-state index contributed by atoms with van der Waals surface area (Å²) in [5.74, 6) is 0.646. The molecule has 2 nitrogen and oxygen atoms in total. The standard InChI is InChI=1S/C13H13BrFNO/c1-9(13-3-2-6-17-13)16-8-10-7-11(15)4-5-12(10)14/h2-7,9,16H,8H2,1H3/t9-/m0/s1. The molecule has 1 aromatic heterocycles. The van der Waals surface area contributed by atoms with Gasteiger partial charge in [0, 0.05) is 11.0 Å². The summed E-state index contributed by atoms with van der Waals surface area (Å²) in [7, 11) is 0. The molecule has 2 rings (SSSR count). The van der Waals surface area contributed by atoms with Gasteiger partial charge in [0.1, 0.15) is 11.6 Å². The number of halogens is 2. The third-order valence-corrected chi connectivity index (χ3v) is 3.35. The van der Waals surface area contributed by atoms with Crippen LogP contribution in [0.15, 0.2) is 45.5 Å². The molecule has 1 aromatic carbocycles. The van der Waals surface area contributed by atoms with Crippen molar-refractivity contribution in [2.24, 2.45) is 0 Å². The fourth-order valence-corrected chi connectivity index (χ4v) is 1.97.